The van der Waals surface area contributed by atoms with E-state index in [2.05, 4.69) is 55.4 Å². The highest BCUT2D eigenvalue weighted by Gasteiger charge is 2.32. The molecule has 3 heterocycles. The maximum Gasteiger partial charge on any atom is 0.243 e. The fourth-order valence-corrected chi connectivity index (χ4v) is 6.19. The fourth-order valence-electron chi connectivity index (χ4n) is 6.19. The molecule has 1 aliphatic heterocycles. The zero-order valence-corrected chi connectivity index (χ0v) is 23.9. The van der Waals surface area contributed by atoms with E-state index in [0.29, 0.717) is 6.54 Å². The number of imidazole rings is 1. The molecule has 218 valence electrons. The molecule has 2 aliphatic rings. The van der Waals surface area contributed by atoms with Gasteiger partial charge in [0, 0.05) is 37.4 Å². The largest absolute Gasteiger partial charge is 0.379 e. The number of amides is 2. The first kappa shape index (κ1) is 28.1. The van der Waals surface area contributed by atoms with Gasteiger partial charge in [0.25, 0.3) is 0 Å². The van der Waals surface area contributed by atoms with E-state index >= 15 is 0 Å². The minimum atomic E-state index is -0.221. The fraction of sp³-hybridized carbons (Fsp3) is 0.394. The van der Waals surface area contributed by atoms with Gasteiger partial charge in [0.1, 0.15) is 5.82 Å². The molecule has 2 aromatic carbocycles. The first-order chi connectivity index (χ1) is 20.6. The Balaban J connectivity index is 1.12. The first-order valence-electron chi connectivity index (χ1n) is 15.0. The zero-order valence-electron chi connectivity index (χ0n) is 23.9. The second kappa shape index (κ2) is 13.3. The molecule has 4 aromatic rings. The van der Waals surface area contributed by atoms with E-state index in [1.54, 1.807) is 6.20 Å². The number of carbonyl (C=O) groups is 2. The molecule has 2 amide bonds. The van der Waals surface area contributed by atoms with E-state index in [0.717, 1.165) is 81.2 Å². The Hall–Kier alpha value is -4.08. The molecule has 9 heteroatoms. The van der Waals surface area contributed by atoms with Gasteiger partial charge in [0.05, 0.1) is 31.8 Å². The molecule has 1 saturated carbocycles. The lowest BCUT2D eigenvalue weighted by molar-refractivity contribution is -0.128. The van der Waals surface area contributed by atoms with Crippen molar-refractivity contribution in [3.63, 3.8) is 0 Å². The summed E-state index contributed by atoms with van der Waals surface area (Å²) in [6.07, 6.45) is 5.71. The van der Waals surface area contributed by atoms with Crippen molar-refractivity contribution in [3.05, 3.63) is 89.9 Å². The Morgan fingerprint density at radius 2 is 1.69 bits per heavy atom. The molecule has 0 bridgehead atoms. The number of pyridine rings is 1. The lowest BCUT2D eigenvalue weighted by Crippen LogP contribution is -2.39. The minimum Gasteiger partial charge on any atom is -0.379 e. The lowest BCUT2D eigenvalue weighted by atomic mass is 9.75. The number of aromatic nitrogens is 3. The monoisotopic (exact) mass is 566 g/mol. The highest BCUT2D eigenvalue weighted by atomic mass is 16.5. The summed E-state index contributed by atoms with van der Waals surface area (Å²) in [6, 6.07) is 22.0. The maximum absolute atomic E-state index is 13.2. The zero-order chi connectivity index (χ0) is 28.7. The van der Waals surface area contributed by atoms with Gasteiger partial charge in [-0.15, -0.1) is 0 Å². The van der Waals surface area contributed by atoms with Crippen molar-refractivity contribution >= 4 is 28.7 Å². The Morgan fingerprint density at radius 3 is 2.50 bits per heavy atom. The molecule has 6 rings (SSSR count). The number of nitrogens with zero attached hydrogens (tertiary/aromatic N) is 4. The number of morpholine rings is 1. The molecule has 9 nitrogen and oxygen atoms in total. The van der Waals surface area contributed by atoms with Crippen molar-refractivity contribution < 1.29 is 14.3 Å². The number of para-hydroxylation sites is 1. The molecular formula is C33H38N6O3. The number of fused-ring (bicyclic) bond motifs is 1. The quantitative estimate of drug-likeness (QED) is 0.313. The SMILES string of the molecule is O=C(CNC(=O)[C@@H]1CCCC[C@H]1c1ccc(Cn2c(CN3CCOCC3)nc3ncccc32)cc1)Nc1ccccc1. The molecule has 1 saturated heterocycles. The predicted molar refractivity (Wildman–Crippen MR) is 162 cm³/mol. The van der Waals surface area contributed by atoms with Crippen LogP contribution in [0.25, 0.3) is 11.2 Å². The van der Waals surface area contributed by atoms with E-state index in [-0.39, 0.29) is 30.2 Å². The van der Waals surface area contributed by atoms with Crippen LogP contribution < -0.4 is 10.6 Å². The van der Waals surface area contributed by atoms with Crippen molar-refractivity contribution in [2.45, 2.75) is 44.7 Å². The van der Waals surface area contributed by atoms with E-state index in [1.807, 2.05) is 36.4 Å². The van der Waals surface area contributed by atoms with Crippen LogP contribution in [0.2, 0.25) is 0 Å². The van der Waals surface area contributed by atoms with Crippen LogP contribution in [0.3, 0.4) is 0 Å². The highest BCUT2D eigenvalue weighted by molar-refractivity contribution is 5.94. The van der Waals surface area contributed by atoms with E-state index in [9.17, 15) is 9.59 Å². The molecule has 2 N–H and O–H groups in total. The Bertz CT molecular complexity index is 1500. The van der Waals surface area contributed by atoms with Crippen LogP contribution in [-0.4, -0.2) is 64.1 Å². The average Bonchev–Trinajstić information content (AvgIpc) is 3.37. The Morgan fingerprint density at radius 1 is 0.905 bits per heavy atom. The van der Waals surface area contributed by atoms with Gasteiger partial charge in [0.2, 0.25) is 11.8 Å². The molecule has 0 unspecified atom stereocenters. The second-order valence-corrected chi connectivity index (χ2v) is 11.2. The second-order valence-electron chi connectivity index (χ2n) is 11.2. The minimum absolute atomic E-state index is 0.0314. The van der Waals surface area contributed by atoms with Crippen molar-refractivity contribution in [1.82, 2.24) is 24.8 Å². The number of carbonyl (C=O) groups excluding carboxylic acids is 2. The molecule has 0 radical (unpaired) electrons. The maximum atomic E-state index is 13.2. The smallest absolute Gasteiger partial charge is 0.243 e. The van der Waals surface area contributed by atoms with Crippen LogP contribution in [0.4, 0.5) is 5.69 Å². The number of benzene rings is 2. The highest BCUT2D eigenvalue weighted by Crippen LogP contribution is 2.38. The molecule has 2 atom stereocenters. The summed E-state index contributed by atoms with van der Waals surface area (Å²) in [5, 5.41) is 5.72. The third kappa shape index (κ3) is 6.69. The van der Waals surface area contributed by atoms with Crippen molar-refractivity contribution in [1.29, 1.82) is 0 Å². The number of rotatable bonds is 9. The van der Waals surface area contributed by atoms with E-state index in [1.165, 1.54) is 11.1 Å². The molecule has 0 spiro atoms. The number of hydrogen-bond donors (Lipinski definition) is 2. The average molecular weight is 567 g/mol. The van der Waals surface area contributed by atoms with E-state index in [4.69, 9.17) is 9.72 Å². The third-order valence-electron chi connectivity index (χ3n) is 8.40. The van der Waals surface area contributed by atoms with Crippen LogP contribution in [0.1, 0.15) is 48.6 Å². The summed E-state index contributed by atoms with van der Waals surface area (Å²) in [4.78, 5) is 37.4. The lowest BCUT2D eigenvalue weighted by Gasteiger charge is -2.31. The summed E-state index contributed by atoms with van der Waals surface area (Å²) in [5.74, 6) is 0.742. The number of hydrogen-bond acceptors (Lipinski definition) is 6. The van der Waals surface area contributed by atoms with Gasteiger partial charge < -0.3 is 19.9 Å². The molecule has 42 heavy (non-hydrogen) atoms. The number of ether oxygens (including phenoxy) is 1. The van der Waals surface area contributed by atoms with Gasteiger partial charge in [-0.3, -0.25) is 14.5 Å². The molecule has 2 aromatic heterocycles. The molecular weight excluding hydrogens is 528 g/mol. The third-order valence-corrected chi connectivity index (χ3v) is 8.40. The standard InChI is InChI=1S/C33H38N6O3/c40-31(36-26-7-2-1-3-8-26)21-35-33(41)28-10-5-4-9-27(28)25-14-12-24(13-15-25)22-39-29-11-6-16-34-32(29)37-30(39)23-38-17-19-42-20-18-38/h1-3,6-8,11-16,27-28H,4-5,9-10,17-23H2,(H,35,41)(H,36,40)/t27-,28+/m0/s1. The summed E-state index contributed by atoms with van der Waals surface area (Å²) >= 11 is 0. The Kier molecular flexibility index (Phi) is 8.86. The van der Waals surface area contributed by atoms with E-state index < -0.39 is 0 Å². The topological polar surface area (TPSA) is 101 Å². The normalized spacial score (nSPS) is 19.4. The van der Waals surface area contributed by atoms with Crippen LogP contribution >= 0.6 is 0 Å². The van der Waals surface area contributed by atoms with Crippen molar-refractivity contribution in [2.75, 3.05) is 38.2 Å². The number of anilines is 1. The van der Waals surface area contributed by atoms with Crippen molar-refractivity contribution in [2.24, 2.45) is 5.92 Å². The van der Waals surface area contributed by atoms with Gasteiger partial charge in [-0.05, 0) is 54.2 Å². The van der Waals surface area contributed by atoms with Crippen molar-refractivity contribution in [3.8, 4) is 0 Å². The summed E-state index contributed by atoms with van der Waals surface area (Å²) in [6.45, 7) is 4.74. The molecule has 2 fully saturated rings. The van der Waals surface area contributed by atoms with Crippen LogP contribution in [-0.2, 0) is 27.4 Å². The summed E-state index contributed by atoms with van der Waals surface area (Å²) in [5.41, 5.74) is 4.88. The Labute approximate surface area is 246 Å². The van der Waals surface area contributed by atoms with Gasteiger partial charge in [0.15, 0.2) is 5.65 Å². The van der Waals surface area contributed by atoms with Crippen LogP contribution in [0.15, 0.2) is 72.9 Å². The van der Waals surface area contributed by atoms with Gasteiger partial charge >= 0.3 is 0 Å². The predicted octanol–water partition coefficient (Wildman–Crippen LogP) is 4.34. The summed E-state index contributed by atoms with van der Waals surface area (Å²) < 4.78 is 7.80. The first-order valence-corrected chi connectivity index (χ1v) is 15.0. The summed E-state index contributed by atoms with van der Waals surface area (Å²) in [7, 11) is 0. The van der Waals surface area contributed by atoms with Gasteiger partial charge in [-0.2, -0.15) is 0 Å². The van der Waals surface area contributed by atoms with Gasteiger partial charge in [-0.1, -0.05) is 55.3 Å². The number of nitrogens with one attached hydrogen (secondary N) is 2. The van der Waals surface area contributed by atoms with Crippen LogP contribution in [0, 0.1) is 5.92 Å². The molecule has 1 aliphatic carbocycles. The van der Waals surface area contributed by atoms with Crippen LogP contribution in [0.5, 0.6) is 0 Å². The van der Waals surface area contributed by atoms with Gasteiger partial charge in [-0.25, -0.2) is 9.97 Å².